The summed E-state index contributed by atoms with van der Waals surface area (Å²) in [7, 11) is -3.28. The average Bonchev–Trinajstić information content (AvgIpc) is 3.33. The minimum absolute atomic E-state index is 0.147. The SMILES string of the molecule is CS(=O)(=O)N1CC[C@@]2(c3ccccc3)CCN(C(=O)C3CC3)C[C@@H]12. The van der Waals surface area contributed by atoms with Gasteiger partial charge >= 0.3 is 0 Å². The normalized spacial score (nSPS) is 31.0. The van der Waals surface area contributed by atoms with Gasteiger partial charge in [-0.05, 0) is 31.2 Å². The van der Waals surface area contributed by atoms with Gasteiger partial charge in [0.25, 0.3) is 0 Å². The summed E-state index contributed by atoms with van der Waals surface area (Å²) in [6.07, 6.45) is 4.93. The maximum atomic E-state index is 12.5. The molecule has 2 heterocycles. The van der Waals surface area contributed by atoms with Gasteiger partial charge in [0.2, 0.25) is 15.9 Å². The number of amides is 1. The van der Waals surface area contributed by atoms with Crippen LogP contribution in [0, 0.1) is 5.92 Å². The van der Waals surface area contributed by atoms with Crippen molar-refractivity contribution in [1.29, 1.82) is 0 Å². The summed E-state index contributed by atoms with van der Waals surface area (Å²) in [5, 5.41) is 0. The van der Waals surface area contributed by atoms with E-state index < -0.39 is 10.0 Å². The highest BCUT2D eigenvalue weighted by atomic mass is 32.2. The first kappa shape index (κ1) is 16.1. The molecule has 2 saturated heterocycles. The van der Waals surface area contributed by atoms with E-state index in [0.29, 0.717) is 13.1 Å². The molecule has 1 aromatic rings. The van der Waals surface area contributed by atoms with E-state index in [1.165, 1.54) is 11.8 Å². The Morgan fingerprint density at radius 2 is 1.79 bits per heavy atom. The van der Waals surface area contributed by atoms with Crippen molar-refractivity contribution in [2.75, 3.05) is 25.9 Å². The van der Waals surface area contributed by atoms with Crippen molar-refractivity contribution in [1.82, 2.24) is 9.21 Å². The predicted molar refractivity (Wildman–Crippen MR) is 92.0 cm³/mol. The number of carbonyl (C=O) groups excluding carboxylic acids is 1. The predicted octanol–water partition coefficient (Wildman–Crippen LogP) is 1.60. The molecule has 0 aromatic heterocycles. The van der Waals surface area contributed by atoms with Crippen LogP contribution in [0.3, 0.4) is 0 Å². The van der Waals surface area contributed by atoms with Gasteiger partial charge in [-0.15, -0.1) is 0 Å². The summed E-state index contributed by atoms with van der Waals surface area (Å²) in [6.45, 7) is 1.81. The molecule has 1 amide bonds. The van der Waals surface area contributed by atoms with Gasteiger partial charge in [-0.25, -0.2) is 8.42 Å². The molecule has 4 rings (SSSR count). The van der Waals surface area contributed by atoms with Crippen LogP contribution in [0.2, 0.25) is 0 Å². The fourth-order valence-corrected chi connectivity index (χ4v) is 5.69. The minimum atomic E-state index is -3.28. The van der Waals surface area contributed by atoms with Crippen LogP contribution in [0.1, 0.15) is 31.2 Å². The number of hydrogen-bond donors (Lipinski definition) is 0. The summed E-state index contributed by atoms with van der Waals surface area (Å²) < 4.78 is 26.2. The fourth-order valence-electron chi connectivity index (χ4n) is 4.54. The number of likely N-dealkylation sites (tertiary alicyclic amines) is 1. The number of rotatable bonds is 3. The van der Waals surface area contributed by atoms with E-state index >= 15 is 0 Å². The van der Waals surface area contributed by atoms with Crippen LogP contribution in [0.5, 0.6) is 0 Å². The second-order valence-corrected chi connectivity index (χ2v) is 9.41. The third kappa shape index (κ3) is 2.56. The van der Waals surface area contributed by atoms with Gasteiger partial charge in [-0.2, -0.15) is 4.31 Å². The maximum Gasteiger partial charge on any atom is 0.225 e. The van der Waals surface area contributed by atoms with Gasteiger partial charge in [0.1, 0.15) is 0 Å². The lowest BCUT2D eigenvalue weighted by molar-refractivity contribution is -0.135. The molecule has 0 N–H and O–H groups in total. The van der Waals surface area contributed by atoms with Gasteiger partial charge in [-0.3, -0.25) is 4.79 Å². The van der Waals surface area contributed by atoms with Crippen LogP contribution in [-0.4, -0.2) is 55.5 Å². The van der Waals surface area contributed by atoms with Gasteiger partial charge in [0.15, 0.2) is 0 Å². The number of hydrogen-bond acceptors (Lipinski definition) is 3. The maximum absolute atomic E-state index is 12.5. The van der Waals surface area contributed by atoms with E-state index in [1.54, 1.807) is 4.31 Å². The lowest BCUT2D eigenvalue weighted by Crippen LogP contribution is -2.57. The van der Waals surface area contributed by atoms with Gasteiger partial charge in [0.05, 0.1) is 12.3 Å². The molecular formula is C18H24N2O3S. The highest BCUT2D eigenvalue weighted by molar-refractivity contribution is 7.88. The zero-order chi connectivity index (χ0) is 16.9. The molecule has 1 aliphatic carbocycles. The van der Waals surface area contributed by atoms with Crippen LogP contribution < -0.4 is 0 Å². The molecule has 0 spiro atoms. The van der Waals surface area contributed by atoms with Crippen molar-refractivity contribution in [3.63, 3.8) is 0 Å². The van der Waals surface area contributed by atoms with E-state index in [-0.39, 0.29) is 23.3 Å². The summed E-state index contributed by atoms with van der Waals surface area (Å²) in [5.41, 5.74) is 1.05. The molecule has 0 radical (unpaired) electrons. The molecule has 5 nitrogen and oxygen atoms in total. The van der Waals surface area contributed by atoms with Crippen LogP contribution in [0.4, 0.5) is 0 Å². The molecular weight excluding hydrogens is 324 g/mol. The number of nitrogens with zero attached hydrogens (tertiary/aromatic N) is 2. The van der Waals surface area contributed by atoms with E-state index in [2.05, 4.69) is 12.1 Å². The van der Waals surface area contributed by atoms with Gasteiger partial charge in [0, 0.05) is 31.0 Å². The fraction of sp³-hybridized carbons (Fsp3) is 0.611. The van der Waals surface area contributed by atoms with Crippen LogP contribution >= 0.6 is 0 Å². The van der Waals surface area contributed by atoms with Crippen molar-refractivity contribution in [2.24, 2.45) is 5.92 Å². The van der Waals surface area contributed by atoms with Crippen molar-refractivity contribution in [2.45, 2.75) is 37.1 Å². The molecule has 0 unspecified atom stereocenters. The molecule has 3 aliphatic rings. The first-order valence-corrected chi connectivity index (χ1v) is 10.6. The van der Waals surface area contributed by atoms with Crippen molar-refractivity contribution in [3.05, 3.63) is 35.9 Å². The summed E-state index contributed by atoms with van der Waals surface area (Å²) >= 11 is 0. The topological polar surface area (TPSA) is 57.7 Å². The van der Waals surface area contributed by atoms with Crippen LogP contribution in [0.15, 0.2) is 30.3 Å². The Kier molecular flexibility index (Phi) is 3.73. The molecule has 2 atom stereocenters. The Labute approximate surface area is 143 Å². The second-order valence-electron chi connectivity index (χ2n) is 7.47. The van der Waals surface area contributed by atoms with E-state index in [9.17, 15) is 13.2 Å². The summed E-state index contributed by atoms with van der Waals surface area (Å²) in [6, 6.07) is 10.1. The summed E-state index contributed by atoms with van der Waals surface area (Å²) in [4.78, 5) is 14.4. The van der Waals surface area contributed by atoms with Crippen LogP contribution in [0.25, 0.3) is 0 Å². The first-order valence-electron chi connectivity index (χ1n) is 8.73. The number of carbonyl (C=O) groups is 1. The van der Waals surface area contributed by atoms with Crippen molar-refractivity contribution < 1.29 is 13.2 Å². The Morgan fingerprint density at radius 1 is 1.12 bits per heavy atom. The molecule has 3 fully saturated rings. The Hall–Kier alpha value is -1.40. The molecule has 1 saturated carbocycles. The van der Waals surface area contributed by atoms with E-state index in [1.807, 2.05) is 23.1 Å². The number of sulfonamides is 1. The number of fused-ring (bicyclic) bond motifs is 1. The largest absolute Gasteiger partial charge is 0.341 e. The number of benzene rings is 1. The van der Waals surface area contributed by atoms with Crippen LogP contribution in [-0.2, 0) is 20.2 Å². The van der Waals surface area contributed by atoms with E-state index in [4.69, 9.17) is 0 Å². The average molecular weight is 348 g/mol. The molecule has 1 aromatic carbocycles. The third-order valence-electron chi connectivity index (χ3n) is 6.00. The molecule has 6 heteroatoms. The highest BCUT2D eigenvalue weighted by Crippen LogP contribution is 2.47. The summed E-state index contributed by atoms with van der Waals surface area (Å²) in [5.74, 6) is 0.402. The Balaban J connectivity index is 1.70. The minimum Gasteiger partial charge on any atom is -0.341 e. The second kappa shape index (κ2) is 5.56. The number of piperidine rings is 1. The standard InChI is InChI=1S/C18H24N2O3S/c1-24(22,23)20-12-10-18(15-5-3-2-4-6-15)9-11-19(13-16(18)20)17(21)14-7-8-14/h2-6,14,16H,7-13H2,1H3/t16-,18-/m1/s1. The smallest absolute Gasteiger partial charge is 0.225 e. The quantitative estimate of drug-likeness (QED) is 0.834. The van der Waals surface area contributed by atoms with E-state index in [0.717, 1.165) is 32.2 Å². The Bertz CT molecular complexity index is 745. The molecule has 24 heavy (non-hydrogen) atoms. The monoisotopic (exact) mass is 348 g/mol. The van der Waals surface area contributed by atoms with Crippen molar-refractivity contribution in [3.8, 4) is 0 Å². The first-order chi connectivity index (χ1) is 11.4. The molecule has 130 valence electrons. The highest BCUT2D eigenvalue weighted by Gasteiger charge is 2.54. The zero-order valence-electron chi connectivity index (χ0n) is 14.0. The lowest BCUT2D eigenvalue weighted by Gasteiger charge is -2.46. The van der Waals surface area contributed by atoms with Gasteiger partial charge in [-0.1, -0.05) is 30.3 Å². The third-order valence-corrected chi connectivity index (χ3v) is 7.29. The van der Waals surface area contributed by atoms with Crippen molar-refractivity contribution >= 4 is 15.9 Å². The van der Waals surface area contributed by atoms with Gasteiger partial charge < -0.3 is 4.90 Å². The molecule has 2 aliphatic heterocycles. The lowest BCUT2D eigenvalue weighted by atomic mass is 9.69. The Morgan fingerprint density at radius 3 is 2.42 bits per heavy atom. The molecule has 0 bridgehead atoms. The zero-order valence-corrected chi connectivity index (χ0v) is 14.8.